The molecular formula is C18H16FN3O. The lowest BCUT2D eigenvalue weighted by atomic mass is 10.0. The maximum atomic E-state index is 13.8. The molecule has 0 bridgehead atoms. The van der Waals surface area contributed by atoms with E-state index in [-0.39, 0.29) is 11.4 Å². The molecule has 0 heterocycles. The SMILES string of the molecule is NNc1c(O)cc(-c2ccc(Nc3ccccc3)cc2)cc1F. The van der Waals surface area contributed by atoms with Gasteiger partial charge in [0.2, 0.25) is 0 Å². The van der Waals surface area contributed by atoms with Crippen LogP contribution in [0.5, 0.6) is 5.75 Å². The van der Waals surface area contributed by atoms with Gasteiger partial charge in [-0.25, -0.2) is 4.39 Å². The predicted octanol–water partition coefficient (Wildman–Crippen LogP) is 4.23. The largest absolute Gasteiger partial charge is 0.506 e. The Morgan fingerprint density at radius 2 is 1.48 bits per heavy atom. The Labute approximate surface area is 133 Å². The number of halogens is 1. The second-order valence-electron chi connectivity index (χ2n) is 5.06. The number of aromatic hydroxyl groups is 1. The van der Waals surface area contributed by atoms with Crippen molar-refractivity contribution < 1.29 is 9.50 Å². The molecule has 4 nitrogen and oxygen atoms in total. The van der Waals surface area contributed by atoms with Crippen LogP contribution in [0.1, 0.15) is 0 Å². The van der Waals surface area contributed by atoms with Crippen LogP contribution < -0.4 is 16.6 Å². The first-order valence-corrected chi connectivity index (χ1v) is 7.09. The molecule has 5 heteroatoms. The summed E-state index contributed by atoms with van der Waals surface area (Å²) in [5.41, 5.74) is 5.31. The topological polar surface area (TPSA) is 70.3 Å². The monoisotopic (exact) mass is 309 g/mol. The van der Waals surface area contributed by atoms with Gasteiger partial charge >= 0.3 is 0 Å². The number of nitrogens with two attached hydrogens (primary N) is 1. The molecule has 0 unspecified atom stereocenters. The zero-order valence-corrected chi connectivity index (χ0v) is 12.3. The predicted molar refractivity (Wildman–Crippen MR) is 91.0 cm³/mol. The normalized spacial score (nSPS) is 10.3. The molecule has 0 spiro atoms. The van der Waals surface area contributed by atoms with Gasteiger partial charge in [0.05, 0.1) is 0 Å². The zero-order valence-electron chi connectivity index (χ0n) is 12.3. The summed E-state index contributed by atoms with van der Waals surface area (Å²) in [5, 5.41) is 13.1. The van der Waals surface area contributed by atoms with Crippen molar-refractivity contribution in [3.8, 4) is 16.9 Å². The van der Waals surface area contributed by atoms with Crippen LogP contribution in [-0.4, -0.2) is 5.11 Å². The number of rotatable bonds is 4. The Hall–Kier alpha value is -3.05. The van der Waals surface area contributed by atoms with Crippen LogP contribution in [0.25, 0.3) is 11.1 Å². The average Bonchev–Trinajstić information content (AvgIpc) is 2.56. The Bertz CT molecular complexity index is 781. The van der Waals surface area contributed by atoms with Crippen molar-refractivity contribution in [3.63, 3.8) is 0 Å². The fourth-order valence-electron chi connectivity index (χ4n) is 2.34. The van der Waals surface area contributed by atoms with Crippen molar-refractivity contribution in [1.29, 1.82) is 0 Å². The van der Waals surface area contributed by atoms with Gasteiger partial charge in [0.25, 0.3) is 0 Å². The van der Waals surface area contributed by atoms with Gasteiger partial charge < -0.3 is 15.8 Å². The zero-order chi connectivity index (χ0) is 16.2. The number of phenolic OH excluding ortho intramolecular Hbond substituents is 1. The van der Waals surface area contributed by atoms with Gasteiger partial charge in [0.15, 0.2) is 5.82 Å². The van der Waals surface area contributed by atoms with Gasteiger partial charge in [-0.15, -0.1) is 0 Å². The molecule has 0 amide bonds. The molecule has 3 aromatic carbocycles. The van der Waals surface area contributed by atoms with E-state index in [1.165, 1.54) is 12.1 Å². The number of phenols is 1. The summed E-state index contributed by atoms with van der Waals surface area (Å²) in [4.78, 5) is 0. The highest BCUT2D eigenvalue weighted by molar-refractivity contribution is 5.73. The molecule has 3 rings (SSSR count). The van der Waals surface area contributed by atoms with Crippen molar-refractivity contribution in [2.24, 2.45) is 5.84 Å². The van der Waals surface area contributed by atoms with Crippen LogP contribution in [0.4, 0.5) is 21.5 Å². The number of nitrogen functional groups attached to an aromatic ring is 1. The van der Waals surface area contributed by atoms with Crippen LogP contribution in [-0.2, 0) is 0 Å². The van der Waals surface area contributed by atoms with E-state index in [4.69, 9.17) is 5.84 Å². The molecule has 23 heavy (non-hydrogen) atoms. The number of hydrazine groups is 1. The van der Waals surface area contributed by atoms with Gasteiger partial charge in [-0.1, -0.05) is 30.3 Å². The van der Waals surface area contributed by atoms with Crippen LogP contribution in [0, 0.1) is 5.82 Å². The Balaban J connectivity index is 1.85. The van der Waals surface area contributed by atoms with E-state index >= 15 is 0 Å². The van der Waals surface area contributed by atoms with Crippen LogP contribution in [0.15, 0.2) is 66.7 Å². The highest BCUT2D eigenvalue weighted by Gasteiger charge is 2.10. The molecule has 0 aliphatic heterocycles. The Kier molecular flexibility index (Phi) is 4.12. The third kappa shape index (κ3) is 3.25. The van der Waals surface area contributed by atoms with E-state index in [0.29, 0.717) is 5.56 Å². The molecule has 0 aromatic heterocycles. The molecule has 0 fully saturated rings. The summed E-state index contributed by atoms with van der Waals surface area (Å²) in [7, 11) is 0. The molecule has 0 radical (unpaired) electrons. The standard InChI is InChI=1S/C18H16FN3O/c19-16-10-13(11-17(23)18(16)22-20)12-6-8-15(9-7-12)21-14-4-2-1-3-5-14/h1-11,21-23H,20H2. The van der Waals surface area contributed by atoms with Gasteiger partial charge in [-0.05, 0) is 47.5 Å². The highest BCUT2D eigenvalue weighted by Crippen LogP contribution is 2.32. The third-order valence-electron chi connectivity index (χ3n) is 3.49. The van der Waals surface area contributed by atoms with E-state index < -0.39 is 5.82 Å². The minimum absolute atomic E-state index is 0.115. The number of para-hydroxylation sites is 1. The quantitative estimate of drug-likeness (QED) is 0.331. The first kappa shape index (κ1) is 14.9. The van der Waals surface area contributed by atoms with Gasteiger partial charge in [0, 0.05) is 11.4 Å². The molecule has 0 atom stereocenters. The summed E-state index contributed by atoms with van der Waals surface area (Å²) in [6.07, 6.45) is 0. The summed E-state index contributed by atoms with van der Waals surface area (Å²) in [5.74, 6) is 4.34. The minimum Gasteiger partial charge on any atom is -0.506 e. The number of hydrogen-bond donors (Lipinski definition) is 4. The van der Waals surface area contributed by atoms with Crippen molar-refractivity contribution >= 4 is 17.1 Å². The molecular weight excluding hydrogens is 293 g/mol. The first-order chi connectivity index (χ1) is 11.2. The molecule has 0 aliphatic carbocycles. The van der Waals surface area contributed by atoms with Crippen LogP contribution >= 0.6 is 0 Å². The number of nitrogens with one attached hydrogen (secondary N) is 2. The first-order valence-electron chi connectivity index (χ1n) is 7.09. The van der Waals surface area contributed by atoms with Crippen LogP contribution in [0.2, 0.25) is 0 Å². The number of hydrogen-bond acceptors (Lipinski definition) is 4. The smallest absolute Gasteiger partial charge is 0.152 e. The summed E-state index contributed by atoms with van der Waals surface area (Å²) >= 11 is 0. The van der Waals surface area contributed by atoms with Crippen molar-refractivity contribution in [2.45, 2.75) is 0 Å². The molecule has 0 saturated heterocycles. The summed E-state index contributed by atoms with van der Waals surface area (Å²) in [6, 6.07) is 20.1. The number of benzene rings is 3. The Morgan fingerprint density at radius 1 is 0.826 bits per heavy atom. The minimum atomic E-state index is -0.603. The lowest BCUT2D eigenvalue weighted by Gasteiger charge is -2.10. The Morgan fingerprint density at radius 3 is 2.09 bits per heavy atom. The molecule has 0 saturated carbocycles. The highest BCUT2D eigenvalue weighted by atomic mass is 19.1. The van der Waals surface area contributed by atoms with E-state index in [1.54, 1.807) is 0 Å². The maximum Gasteiger partial charge on any atom is 0.152 e. The van der Waals surface area contributed by atoms with E-state index in [0.717, 1.165) is 16.9 Å². The lowest BCUT2D eigenvalue weighted by molar-refractivity contribution is 0.472. The fourth-order valence-corrected chi connectivity index (χ4v) is 2.34. The molecule has 0 aliphatic rings. The number of anilines is 3. The van der Waals surface area contributed by atoms with E-state index in [2.05, 4.69) is 10.7 Å². The van der Waals surface area contributed by atoms with Gasteiger partial charge in [-0.2, -0.15) is 0 Å². The van der Waals surface area contributed by atoms with E-state index in [1.807, 2.05) is 54.6 Å². The molecule has 5 N–H and O–H groups in total. The van der Waals surface area contributed by atoms with Gasteiger partial charge in [0.1, 0.15) is 11.4 Å². The van der Waals surface area contributed by atoms with Crippen molar-refractivity contribution in [3.05, 3.63) is 72.5 Å². The maximum absolute atomic E-state index is 13.8. The summed E-state index contributed by atoms with van der Waals surface area (Å²) in [6.45, 7) is 0. The van der Waals surface area contributed by atoms with Gasteiger partial charge in [-0.3, -0.25) is 5.84 Å². The van der Waals surface area contributed by atoms with E-state index in [9.17, 15) is 9.50 Å². The second kappa shape index (κ2) is 6.37. The second-order valence-corrected chi connectivity index (χ2v) is 5.06. The van der Waals surface area contributed by atoms with Crippen molar-refractivity contribution in [2.75, 3.05) is 10.7 Å². The molecule has 3 aromatic rings. The average molecular weight is 309 g/mol. The summed E-state index contributed by atoms with van der Waals surface area (Å²) < 4.78 is 13.8. The van der Waals surface area contributed by atoms with Crippen molar-refractivity contribution in [1.82, 2.24) is 0 Å². The lowest BCUT2D eigenvalue weighted by Crippen LogP contribution is -2.08. The fraction of sp³-hybridized carbons (Fsp3) is 0. The van der Waals surface area contributed by atoms with Crippen LogP contribution in [0.3, 0.4) is 0 Å². The third-order valence-corrected chi connectivity index (χ3v) is 3.49. The molecule has 116 valence electrons.